The summed E-state index contributed by atoms with van der Waals surface area (Å²) >= 11 is 0. The molecule has 2 aromatic carbocycles. The zero-order valence-corrected chi connectivity index (χ0v) is 17.1. The van der Waals surface area contributed by atoms with Crippen molar-refractivity contribution in [3.05, 3.63) is 71.3 Å². The summed E-state index contributed by atoms with van der Waals surface area (Å²) in [5, 5.41) is 25.1. The number of morpholine rings is 1. The van der Waals surface area contributed by atoms with E-state index in [0.717, 1.165) is 17.7 Å². The van der Waals surface area contributed by atoms with Crippen LogP contribution in [0, 0.1) is 40.2 Å². The maximum Gasteiger partial charge on any atom is 0.161 e. The molecule has 2 atom stereocenters. The van der Waals surface area contributed by atoms with Crippen molar-refractivity contribution in [2.24, 2.45) is 5.92 Å². The summed E-state index contributed by atoms with van der Waals surface area (Å²) in [4.78, 5) is 2.23. The van der Waals surface area contributed by atoms with E-state index in [0.29, 0.717) is 32.8 Å². The number of rotatable bonds is 9. The molecule has 1 saturated heterocycles. The van der Waals surface area contributed by atoms with Crippen molar-refractivity contribution in [2.75, 3.05) is 26.2 Å². The molecule has 3 rings (SSSR count). The fourth-order valence-electron chi connectivity index (χ4n) is 3.47. The van der Waals surface area contributed by atoms with E-state index in [2.05, 4.69) is 15.5 Å². The van der Waals surface area contributed by atoms with Crippen LogP contribution in [0.2, 0.25) is 0 Å². The first kappa shape index (κ1) is 22.8. The fraction of sp³-hybridized carbons (Fsp3) is 0.391. The van der Waals surface area contributed by atoms with Crippen LogP contribution >= 0.6 is 0 Å². The second kappa shape index (κ2) is 11.5. The molecular formula is C23H25F2N5O. The second-order valence-electron chi connectivity index (χ2n) is 7.48. The lowest BCUT2D eigenvalue weighted by atomic mass is 10.1. The molecule has 0 saturated carbocycles. The van der Waals surface area contributed by atoms with Gasteiger partial charge in [0.2, 0.25) is 0 Å². The first-order chi connectivity index (χ1) is 15.1. The maximum absolute atomic E-state index is 13.1. The molecule has 0 radical (unpaired) electrons. The normalized spacial score (nSPS) is 17.8. The SMILES string of the molecule is N#CC(C#N)C(NCc1ccc(F)cc1)NCC1CN(Cc2ccc(F)cc2)CCO1. The van der Waals surface area contributed by atoms with Gasteiger partial charge in [0.1, 0.15) is 11.6 Å². The van der Waals surface area contributed by atoms with E-state index in [9.17, 15) is 19.3 Å². The van der Waals surface area contributed by atoms with Crippen molar-refractivity contribution < 1.29 is 13.5 Å². The number of nitriles is 2. The zero-order chi connectivity index (χ0) is 22.1. The molecule has 0 bridgehead atoms. The van der Waals surface area contributed by atoms with Gasteiger partial charge in [-0.25, -0.2) is 8.78 Å². The number of benzene rings is 2. The summed E-state index contributed by atoms with van der Waals surface area (Å²) in [5.41, 5.74) is 1.88. The molecule has 6 nitrogen and oxygen atoms in total. The molecule has 1 heterocycles. The van der Waals surface area contributed by atoms with Gasteiger partial charge in [0.15, 0.2) is 5.92 Å². The Hall–Kier alpha value is -2.88. The summed E-state index contributed by atoms with van der Waals surface area (Å²) < 4.78 is 32.0. The highest BCUT2D eigenvalue weighted by molar-refractivity contribution is 5.17. The predicted molar refractivity (Wildman–Crippen MR) is 111 cm³/mol. The molecule has 2 N–H and O–H groups in total. The molecule has 1 fully saturated rings. The maximum atomic E-state index is 13.1. The molecule has 8 heteroatoms. The Labute approximate surface area is 181 Å². The number of nitrogens with one attached hydrogen (secondary N) is 2. The molecule has 2 aromatic rings. The van der Waals surface area contributed by atoms with Crippen LogP contribution in [0.1, 0.15) is 11.1 Å². The Morgan fingerprint density at radius 2 is 1.58 bits per heavy atom. The molecule has 0 spiro atoms. The van der Waals surface area contributed by atoms with Gasteiger partial charge >= 0.3 is 0 Å². The summed E-state index contributed by atoms with van der Waals surface area (Å²) in [5.74, 6) is -1.46. The second-order valence-corrected chi connectivity index (χ2v) is 7.48. The van der Waals surface area contributed by atoms with E-state index < -0.39 is 12.1 Å². The van der Waals surface area contributed by atoms with E-state index in [1.807, 2.05) is 12.1 Å². The average molecular weight is 425 g/mol. The van der Waals surface area contributed by atoms with Crippen LogP contribution in [0.25, 0.3) is 0 Å². The van der Waals surface area contributed by atoms with Gasteiger partial charge in [-0.2, -0.15) is 10.5 Å². The van der Waals surface area contributed by atoms with Crippen molar-refractivity contribution >= 4 is 0 Å². The lowest BCUT2D eigenvalue weighted by Gasteiger charge is -2.34. The third-order valence-corrected chi connectivity index (χ3v) is 5.16. The highest BCUT2D eigenvalue weighted by Crippen LogP contribution is 2.12. The Balaban J connectivity index is 1.53. The van der Waals surface area contributed by atoms with Gasteiger partial charge in [-0.1, -0.05) is 24.3 Å². The number of hydrogen-bond donors (Lipinski definition) is 2. The highest BCUT2D eigenvalue weighted by atomic mass is 19.1. The van der Waals surface area contributed by atoms with Crippen LogP contribution in [0.3, 0.4) is 0 Å². The Bertz CT molecular complexity index is 894. The van der Waals surface area contributed by atoms with Gasteiger partial charge in [0.05, 0.1) is 31.0 Å². The Morgan fingerprint density at radius 3 is 2.19 bits per heavy atom. The predicted octanol–water partition coefficient (Wildman–Crippen LogP) is 2.53. The molecule has 0 aliphatic carbocycles. The topological polar surface area (TPSA) is 84.1 Å². The first-order valence-corrected chi connectivity index (χ1v) is 10.2. The average Bonchev–Trinajstić information content (AvgIpc) is 2.79. The minimum absolute atomic E-state index is 0.109. The van der Waals surface area contributed by atoms with E-state index in [4.69, 9.17) is 4.74 Å². The third-order valence-electron chi connectivity index (χ3n) is 5.16. The molecular weight excluding hydrogens is 400 g/mol. The van der Waals surface area contributed by atoms with Gasteiger partial charge in [0, 0.05) is 32.7 Å². The minimum atomic E-state index is -0.889. The van der Waals surface area contributed by atoms with E-state index in [1.54, 1.807) is 24.3 Å². The number of ether oxygens (including phenoxy) is 1. The lowest BCUT2D eigenvalue weighted by molar-refractivity contribution is -0.0317. The number of halogens is 2. The first-order valence-electron chi connectivity index (χ1n) is 10.2. The van der Waals surface area contributed by atoms with Crippen LogP contribution in [-0.4, -0.2) is 43.4 Å². The molecule has 2 unspecified atom stereocenters. The largest absolute Gasteiger partial charge is 0.374 e. The third kappa shape index (κ3) is 7.09. The van der Waals surface area contributed by atoms with Gasteiger partial charge < -0.3 is 4.74 Å². The summed E-state index contributed by atoms with van der Waals surface area (Å²) in [6.07, 6.45) is -0.668. The molecule has 31 heavy (non-hydrogen) atoms. The fourth-order valence-corrected chi connectivity index (χ4v) is 3.47. The molecule has 1 aliphatic rings. The van der Waals surface area contributed by atoms with Crippen molar-refractivity contribution in [2.45, 2.75) is 25.4 Å². The molecule has 162 valence electrons. The van der Waals surface area contributed by atoms with E-state index in [-0.39, 0.29) is 17.7 Å². The summed E-state index contributed by atoms with van der Waals surface area (Å²) in [7, 11) is 0. The van der Waals surface area contributed by atoms with Gasteiger partial charge in [-0.15, -0.1) is 0 Å². The van der Waals surface area contributed by atoms with Crippen molar-refractivity contribution in [1.82, 2.24) is 15.5 Å². The van der Waals surface area contributed by atoms with E-state index in [1.165, 1.54) is 24.3 Å². The van der Waals surface area contributed by atoms with Gasteiger partial charge in [0.25, 0.3) is 0 Å². The van der Waals surface area contributed by atoms with Crippen LogP contribution in [0.4, 0.5) is 8.78 Å². The number of hydrogen-bond acceptors (Lipinski definition) is 6. The summed E-state index contributed by atoms with van der Waals surface area (Å²) in [6, 6.07) is 16.5. The Morgan fingerprint density at radius 1 is 0.968 bits per heavy atom. The smallest absolute Gasteiger partial charge is 0.161 e. The van der Waals surface area contributed by atoms with Gasteiger partial charge in [-0.3, -0.25) is 15.5 Å². The molecule has 0 aromatic heterocycles. The van der Waals surface area contributed by atoms with Crippen LogP contribution in [0.15, 0.2) is 48.5 Å². The van der Waals surface area contributed by atoms with E-state index >= 15 is 0 Å². The van der Waals surface area contributed by atoms with Crippen LogP contribution in [0.5, 0.6) is 0 Å². The summed E-state index contributed by atoms with van der Waals surface area (Å²) in [6.45, 7) is 3.57. The van der Waals surface area contributed by atoms with Crippen LogP contribution < -0.4 is 10.6 Å². The molecule has 1 aliphatic heterocycles. The van der Waals surface area contributed by atoms with Crippen molar-refractivity contribution in [3.8, 4) is 12.1 Å². The van der Waals surface area contributed by atoms with Crippen molar-refractivity contribution in [3.63, 3.8) is 0 Å². The lowest BCUT2D eigenvalue weighted by Crippen LogP contribution is -2.52. The quantitative estimate of drug-likeness (QED) is 0.601. The number of nitrogens with zero attached hydrogens (tertiary/aromatic N) is 3. The van der Waals surface area contributed by atoms with Crippen LogP contribution in [-0.2, 0) is 17.8 Å². The van der Waals surface area contributed by atoms with Gasteiger partial charge in [-0.05, 0) is 35.4 Å². The zero-order valence-electron chi connectivity index (χ0n) is 17.1. The van der Waals surface area contributed by atoms with Crippen molar-refractivity contribution in [1.29, 1.82) is 10.5 Å². The monoisotopic (exact) mass is 425 g/mol. The molecule has 0 amide bonds. The Kier molecular flexibility index (Phi) is 8.45. The standard InChI is InChI=1S/C23H25F2N5O/c24-20-5-1-17(2-6-20)13-28-23(19(11-26)12-27)29-14-22-16-30(9-10-31-22)15-18-3-7-21(25)8-4-18/h1-8,19,22-23,28-29H,9-10,13-16H2. The highest BCUT2D eigenvalue weighted by Gasteiger charge is 2.25. The minimum Gasteiger partial charge on any atom is -0.374 e.